The molecule has 9 nitrogen and oxygen atoms in total. The number of hydrogen-bond acceptors (Lipinski definition) is 5. The second kappa shape index (κ2) is 10.4. The third-order valence-electron chi connectivity index (χ3n) is 5.08. The van der Waals surface area contributed by atoms with Gasteiger partial charge in [-0.15, -0.1) is 0 Å². The van der Waals surface area contributed by atoms with Crippen LogP contribution in [0.5, 0.6) is 0 Å². The van der Waals surface area contributed by atoms with Gasteiger partial charge in [0.1, 0.15) is 13.2 Å². The Morgan fingerprint density at radius 3 is 2.06 bits per heavy atom. The van der Waals surface area contributed by atoms with Crippen LogP contribution in [0, 0.1) is 0 Å². The van der Waals surface area contributed by atoms with E-state index in [1.54, 1.807) is 6.92 Å². The molecule has 4 N–H and O–H groups in total. The molecule has 0 saturated carbocycles. The summed E-state index contributed by atoms with van der Waals surface area (Å²) in [7, 11) is 0. The van der Waals surface area contributed by atoms with Gasteiger partial charge in [-0.2, -0.15) is 0 Å². The van der Waals surface area contributed by atoms with Crippen LogP contribution in [-0.4, -0.2) is 54.7 Å². The Hall–Kier alpha value is -3.88. The molecular weight excluding hydrogens is 414 g/mol. The second-order valence-corrected chi connectivity index (χ2v) is 7.52. The van der Waals surface area contributed by atoms with Crippen LogP contribution < -0.4 is 16.0 Å². The molecule has 1 aliphatic rings. The summed E-state index contributed by atoms with van der Waals surface area (Å²) in [5.74, 6) is -2.30. The third kappa shape index (κ3) is 5.84. The van der Waals surface area contributed by atoms with E-state index in [0.29, 0.717) is 0 Å². The fourth-order valence-electron chi connectivity index (χ4n) is 3.66. The van der Waals surface area contributed by atoms with E-state index in [4.69, 9.17) is 9.84 Å². The van der Waals surface area contributed by atoms with Gasteiger partial charge in [0.25, 0.3) is 0 Å². The van der Waals surface area contributed by atoms with E-state index in [-0.39, 0.29) is 25.5 Å². The molecule has 1 aliphatic carbocycles. The summed E-state index contributed by atoms with van der Waals surface area (Å²) >= 11 is 0. The lowest BCUT2D eigenvalue weighted by Gasteiger charge is -2.17. The molecule has 3 amide bonds. The predicted octanol–water partition coefficient (Wildman–Crippen LogP) is 1.62. The zero-order valence-corrected chi connectivity index (χ0v) is 17.6. The van der Waals surface area contributed by atoms with Crippen molar-refractivity contribution in [2.24, 2.45) is 0 Å². The fourth-order valence-corrected chi connectivity index (χ4v) is 3.66. The summed E-state index contributed by atoms with van der Waals surface area (Å²) in [5, 5.41) is 15.6. The molecule has 0 aliphatic heterocycles. The summed E-state index contributed by atoms with van der Waals surface area (Å²) in [6, 6.07) is 15.5. The highest BCUT2D eigenvalue weighted by molar-refractivity contribution is 5.87. The van der Waals surface area contributed by atoms with Crippen molar-refractivity contribution in [1.29, 1.82) is 0 Å². The maximum atomic E-state index is 12.2. The molecule has 0 saturated heterocycles. The quantitative estimate of drug-likeness (QED) is 0.469. The van der Waals surface area contributed by atoms with Crippen molar-refractivity contribution in [3.63, 3.8) is 0 Å². The maximum Gasteiger partial charge on any atom is 0.407 e. The van der Waals surface area contributed by atoms with Crippen LogP contribution in [0.15, 0.2) is 48.5 Å². The van der Waals surface area contributed by atoms with Gasteiger partial charge in [-0.05, 0) is 29.2 Å². The zero-order chi connectivity index (χ0) is 23.1. The van der Waals surface area contributed by atoms with Crippen molar-refractivity contribution < 1.29 is 29.0 Å². The zero-order valence-electron chi connectivity index (χ0n) is 17.6. The van der Waals surface area contributed by atoms with E-state index in [1.807, 2.05) is 36.4 Å². The number of hydrogen-bond donors (Lipinski definition) is 4. The molecular formula is C23H25N3O6. The summed E-state index contributed by atoms with van der Waals surface area (Å²) in [6.45, 7) is 0.951. The van der Waals surface area contributed by atoms with Crippen LogP contribution in [-0.2, 0) is 19.1 Å². The molecule has 168 valence electrons. The van der Waals surface area contributed by atoms with Gasteiger partial charge in [0, 0.05) is 18.4 Å². The first-order chi connectivity index (χ1) is 15.3. The number of fused-ring (bicyclic) bond motifs is 3. The SMILES string of the molecule is C[C@@H](CC(=O)NCC(=O)NCC(=O)O)NC(=O)OCC1c2ccccc2-c2ccccc21. The Balaban J connectivity index is 1.45. The summed E-state index contributed by atoms with van der Waals surface area (Å²) in [6.07, 6.45) is -0.692. The molecule has 9 heteroatoms. The van der Waals surface area contributed by atoms with Gasteiger partial charge < -0.3 is 25.8 Å². The van der Waals surface area contributed by atoms with Gasteiger partial charge in [0.15, 0.2) is 0 Å². The Morgan fingerprint density at radius 1 is 0.906 bits per heavy atom. The number of carbonyl (C=O) groups is 4. The Bertz CT molecular complexity index is 977. The van der Waals surface area contributed by atoms with Gasteiger partial charge in [-0.25, -0.2) is 4.79 Å². The fraction of sp³-hybridized carbons (Fsp3) is 0.304. The molecule has 3 rings (SSSR count). The molecule has 2 aromatic carbocycles. The highest BCUT2D eigenvalue weighted by atomic mass is 16.5. The Morgan fingerprint density at radius 2 is 1.47 bits per heavy atom. The van der Waals surface area contributed by atoms with Gasteiger partial charge in [0.2, 0.25) is 11.8 Å². The van der Waals surface area contributed by atoms with Crippen molar-refractivity contribution in [3.05, 3.63) is 59.7 Å². The van der Waals surface area contributed by atoms with Crippen LogP contribution in [0.3, 0.4) is 0 Å². The monoisotopic (exact) mass is 439 g/mol. The van der Waals surface area contributed by atoms with Crippen LogP contribution in [0.1, 0.15) is 30.4 Å². The van der Waals surface area contributed by atoms with Crippen LogP contribution in [0.2, 0.25) is 0 Å². The standard InChI is InChI=1S/C23H25N3O6/c1-14(10-20(27)24-11-21(28)25-12-22(29)30)26-23(31)32-13-19-17-8-4-2-6-15(17)16-7-3-5-9-18(16)19/h2-9,14,19H,10-13H2,1H3,(H,24,27)(H,25,28)(H,26,31)(H,29,30)/t14-/m0/s1. The first-order valence-corrected chi connectivity index (χ1v) is 10.2. The number of alkyl carbamates (subject to hydrolysis) is 1. The van der Waals surface area contributed by atoms with E-state index in [1.165, 1.54) is 0 Å². The minimum absolute atomic E-state index is 0.0591. The topological polar surface area (TPSA) is 134 Å². The lowest BCUT2D eigenvalue weighted by molar-refractivity contribution is -0.137. The van der Waals surface area contributed by atoms with Gasteiger partial charge in [-0.3, -0.25) is 14.4 Å². The van der Waals surface area contributed by atoms with E-state index < -0.39 is 36.5 Å². The molecule has 0 unspecified atom stereocenters. The van der Waals surface area contributed by atoms with E-state index in [2.05, 4.69) is 28.1 Å². The molecule has 0 spiro atoms. The number of carboxylic acid groups (broad SMARTS) is 1. The molecule has 0 radical (unpaired) electrons. The number of carbonyl (C=O) groups excluding carboxylic acids is 3. The van der Waals surface area contributed by atoms with Crippen LogP contribution in [0.4, 0.5) is 4.79 Å². The number of rotatable bonds is 9. The average molecular weight is 439 g/mol. The molecule has 1 atom stereocenters. The highest BCUT2D eigenvalue weighted by Crippen LogP contribution is 2.44. The normalized spacial score (nSPS) is 12.8. The first kappa shape index (κ1) is 22.8. The number of aliphatic carboxylic acids is 1. The summed E-state index contributed by atoms with van der Waals surface area (Å²) in [5.41, 5.74) is 4.48. The van der Waals surface area contributed by atoms with E-state index in [9.17, 15) is 19.2 Å². The molecule has 0 bridgehead atoms. The van der Waals surface area contributed by atoms with Gasteiger partial charge >= 0.3 is 12.1 Å². The third-order valence-corrected chi connectivity index (χ3v) is 5.08. The second-order valence-electron chi connectivity index (χ2n) is 7.52. The molecule has 0 aromatic heterocycles. The average Bonchev–Trinajstić information content (AvgIpc) is 3.08. The Labute approximate surface area is 185 Å². The van der Waals surface area contributed by atoms with Gasteiger partial charge in [0.05, 0.1) is 6.54 Å². The minimum atomic E-state index is -1.18. The predicted molar refractivity (Wildman–Crippen MR) is 116 cm³/mol. The highest BCUT2D eigenvalue weighted by Gasteiger charge is 2.29. The number of nitrogens with one attached hydrogen (secondary N) is 3. The number of carboxylic acids is 1. The van der Waals surface area contributed by atoms with Crippen molar-refractivity contribution in [2.45, 2.75) is 25.3 Å². The minimum Gasteiger partial charge on any atom is -0.480 e. The number of ether oxygens (including phenoxy) is 1. The summed E-state index contributed by atoms with van der Waals surface area (Å²) < 4.78 is 5.44. The van der Waals surface area contributed by atoms with Gasteiger partial charge in [-0.1, -0.05) is 48.5 Å². The number of amides is 3. The lowest BCUT2D eigenvalue weighted by Crippen LogP contribution is -2.42. The van der Waals surface area contributed by atoms with Crippen molar-refractivity contribution >= 4 is 23.9 Å². The molecule has 0 fully saturated rings. The van der Waals surface area contributed by atoms with Crippen molar-refractivity contribution in [3.8, 4) is 11.1 Å². The largest absolute Gasteiger partial charge is 0.480 e. The molecule has 2 aromatic rings. The van der Waals surface area contributed by atoms with Crippen LogP contribution >= 0.6 is 0 Å². The van der Waals surface area contributed by atoms with E-state index >= 15 is 0 Å². The number of benzene rings is 2. The lowest BCUT2D eigenvalue weighted by atomic mass is 9.98. The van der Waals surface area contributed by atoms with Crippen LogP contribution in [0.25, 0.3) is 11.1 Å². The smallest absolute Gasteiger partial charge is 0.407 e. The van der Waals surface area contributed by atoms with Crippen molar-refractivity contribution in [1.82, 2.24) is 16.0 Å². The summed E-state index contributed by atoms with van der Waals surface area (Å²) in [4.78, 5) is 46.0. The first-order valence-electron chi connectivity index (χ1n) is 10.2. The Kier molecular flexibility index (Phi) is 7.43. The van der Waals surface area contributed by atoms with Crippen molar-refractivity contribution in [2.75, 3.05) is 19.7 Å². The maximum absolute atomic E-state index is 12.2. The molecule has 0 heterocycles. The van der Waals surface area contributed by atoms with E-state index in [0.717, 1.165) is 22.3 Å². The molecule has 32 heavy (non-hydrogen) atoms.